The molecule has 1 amide bonds. The lowest BCUT2D eigenvalue weighted by atomic mass is 9.74. The fourth-order valence-corrected chi connectivity index (χ4v) is 3.67. The third kappa shape index (κ3) is 7.54. The molecule has 8 nitrogen and oxygen atoms in total. The van der Waals surface area contributed by atoms with Crippen molar-refractivity contribution < 1.29 is 14.7 Å². The molecule has 1 saturated heterocycles. The normalized spacial score (nSPS) is 19.0. The lowest BCUT2D eigenvalue weighted by Gasteiger charge is -2.46. The fourth-order valence-electron chi connectivity index (χ4n) is 3.67. The molecule has 1 aromatic heterocycles. The van der Waals surface area contributed by atoms with E-state index in [1.807, 2.05) is 0 Å². The van der Waals surface area contributed by atoms with Gasteiger partial charge in [0.2, 0.25) is 5.91 Å². The van der Waals surface area contributed by atoms with Crippen LogP contribution in [0.3, 0.4) is 0 Å². The zero-order valence-corrected chi connectivity index (χ0v) is 15.0. The Hall–Kier alpha value is -1.96. The maximum Gasteiger partial charge on any atom is 0.290 e. The maximum atomic E-state index is 12.1. The van der Waals surface area contributed by atoms with Gasteiger partial charge in [0.15, 0.2) is 0 Å². The topological polar surface area (TPSA) is 109 Å². The third-order valence-corrected chi connectivity index (χ3v) is 3.88. The van der Waals surface area contributed by atoms with Gasteiger partial charge in [0.25, 0.3) is 6.47 Å². The van der Waals surface area contributed by atoms with Crippen LogP contribution in [0.15, 0.2) is 12.7 Å². The van der Waals surface area contributed by atoms with Gasteiger partial charge in [0, 0.05) is 24.0 Å². The van der Waals surface area contributed by atoms with Gasteiger partial charge < -0.3 is 15.7 Å². The molecule has 1 aromatic rings. The van der Waals surface area contributed by atoms with Crippen LogP contribution in [-0.2, 0) is 16.1 Å². The number of nitrogens with one attached hydrogen (secondary N) is 2. The van der Waals surface area contributed by atoms with Gasteiger partial charge in [0.05, 0.1) is 6.54 Å². The molecule has 2 heterocycles. The van der Waals surface area contributed by atoms with Crippen LogP contribution in [0, 0.1) is 5.92 Å². The summed E-state index contributed by atoms with van der Waals surface area (Å²) in [7, 11) is 0. The molecule has 0 aliphatic carbocycles. The molecule has 136 valence electrons. The fraction of sp³-hybridized carbons (Fsp3) is 0.750. The summed E-state index contributed by atoms with van der Waals surface area (Å²) in [6.07, 6.45) is 5.83. The lowest BCUT2D eigenvalue weighted by Crippen LogP contribution is -2.58. The van der Waals surface area contributed by atoms with E-state index in [1.54, 1.807) is 11.0 Å². The van der Waals surface area contributed by atoms with E-state index in [4.69, 9.17) is 9.90 Å². The van der Waals surface area contributed by atoms with E-state index in [9.17, 15) is 4.79 Å². The number of piperidine rings is 1. The SMILES string of the molecule is CC1(C)CC(CC(=O)NCCn2cncn2)CC(C)(C)N1.O=CO. The molecular formula is C16H29N5O3. The average molecular weight is 339 g/mol. The maximum absolute atomic E-state index is 12.1. The quantitative estimate of drug-likeness (QED) is 0.692. The van der Waals surface area contributed by atoms with Crippen molar-refractivity contribution in [1.82, 2.24) is 25.4 Å². The van der Waals surface area contributed by atoms with Gasteiger partial charge in [-0.15, -0.1) is 0 Å². The second-order valence-corrected chi connectivity index (χ2v) is 7.49. The molecule has 0 saturated carbocycles. The predicted octanol–water partition coefficient (Wildman–Crippen LogP) is 1.04. The third-order valence-electron chi connectivity index (χ3n) is 3.88. The summed E-state index contributed by atoms with van der Waals surface area (Å²) < 4.78 is 1.72. The van der Waals surface area contributed by atoms with Crippen molar-refractivity contribution in [3.8, 4) is 0 Å². The van der Waals surface area contributed by atoms with Gasteiger partial charge in [-0.1, -0.05) is 0 Å². The van der Waals surface area contributed by atoms with Crippen LogP contribution in [0.5, 0.6) is 0 Å². The Morgan fingerprint density at radius 2 is 1.96 bits per heavy atom. The van der Waals surface area contributed by atoms with E-state index in [1.165, 1.54) is 6.33 Å². The van der Waals surface area contributed by atoms with E-state index >= 15 is 0 Å². The van der Waals surface area contributed by atoms with Crippen LogP contribution < -0.4 is 10.6 Å². The molecule has 24 heavy (non-hydrogen) atoms. The molecule has 3 N–H and O–H groups in total. The van der Waals surface area contributed by atoms with Crippen LogP contribution in [0.2, 0.25) is 0 Å². The van der Waals surface area contributed by atoms with Gasteiger partial charge in [-0.25, -0.2) is 4.98 Å². The van der Waals surface area contributed by atoms with Crippen LogP contribution in [0.25, 0.3) is 0 Å². The van der Waals surface area contributed by atoms with E-state index in [0.717, 1.165) is 12.8 Å². The molecule has 1 fully saturated rings. The van der Waals surface area contributed by atoms with Gasteiger partial charge in [-0.05, 0) is 46.5 Å². The first kappa shape index (κ1) is 20.1. The first-order chi connectivity index (χ1) is 11.2. The largest absolute Gasteiger partial charge is 0.483 e. The standard InChI is InChI=1S/C15H27N5O.CH2O2/c1-14(2)8-12(9-15(3,4)19-14)7-13(21)17-5-6-20-11-16-10-18-20;2-1-3/h10-12,19H,5-9H2,1-4H3,(H,17,21);1H,(H,2,3). The number of rotatable bonds is 5. The molecule has 0 aromatic carbocycles. The summed E-state index contributed by atoms with van der Waals surface area (Å²) in [5.41, 5.74) is 0.181. The van der Waals surface area contributed by atoms with E-state index in [-0.39, 0.29) is 23.5 Å². The first-order valence-corrected chi connectivity index (χ1v) is 8.14. The van der Waals surface area contributed by atoms with Gasteiger partial charge >= 0.3 is 0 Å². The molecule has 1 aliphatic heterocycles. The van der Waals surface area contributed by atoms with Gasteiger partial charge in [0.1, 0.15) is 12.7 Å². The minimum absolute atomic E-state index is 0.0907. The van der Waals surface area contributed by atoms with Crippen LogP contribution >= 0.6 is 0 Å². The number of nitrogens with zero attached hydrogens (tertiary/aromatic N) is 3. The van der Waals surface area contributed by atoms with Gasteiger partial charge in [-0.2, -0.15) is 5.10 Å². The highest BCUT2D eigenvalue weighted by Crippen LogP contribution is 2.34. The number of aromatic nitrogens is 3. The Morgan fingerprint density at radius 1 is 1.38 bits per heavy atom. The van der Waals surface area contributed by atoms with Crippen molar-refractivity contribution in [2.75, 3.05) is 6.54 Å². The monoisotopic (exact) mass is 339 g/mol. The smallest absolute Gasteiger partial charge is 0.290 e. The summed E-state index contributed by atoms with van der Waals surface area (Å²) in [6, 6.07) is 0. The van der Waals surface area contributed by atoms with Crippen molar-refractivity contribution in [1.29, 1.82) is 0 Å². The second kappa shape index (κ2) is 8.77. The molecule has 0 unspecified atom stereocenters. The Labute approximate surface area is 143 Å². The summed E-state index contributed by atoms with van der Waals surface area (Å²) in [6.45, 7) is 9.86. The molecule has 0 spiro atoms. The highest BCUT2D eigenvalue weighted by molar-refractivity contribution is 5.76. The van der Waals surface area contributed by atoms with Crippen LogP contribution in [0.4, 0.5) is 0 Å². The van der Waals surface area contributed by atoms with E-state index in [0.29, 0.717) is 25.4 Å². The Bertz CT molecular complexity index is 498. The molecule has 0 atom stereocenters. The summed E-state index contributed by atoms with van der Waals surface area (Å²) in [5.74, 6) is 0.566. The Kier molecular flexibility index (Phi) is 7.34. The van der Waals surface area contributed by atoms with Crippen molar-refractivity contribution in [2.24, 2.45) is 5.92 Å². The highest BCUT2D eigenvalue weighted by Gasteiger charge is 2.38. The van der Waals surface area contributed by atoms with Crippen molar-refractivity contribution in [2.45, 2.75) is 64.6 Å². The zero-order valence-electron chi connectivity index (χ0n) is 15.0. The van der Waals surface area contributed by atoms with Crippen LogP contribution in [0.1, 0.15) is 47.0 Å². The molecule has 8 heteroatoms. The minimum Gasteiger partial charge on any atom is -0.483 e. The second-order valence-electron chi connectivity index (χ2n) is 7.49. The predicted molar refractivity (Wildman–Crippen MR) is 90.4 cm³/mol. The van der Waals surface area contributed by atoms with E-state index in [2.05, 4.69) is 48.4 Å². The number of carboxylic acid groups (broad SMARTS) is 1. The Morgan fingerprint density at radius 3 is 2.46 bits per heavy atom. The van der Waals surface area contributed by atoms with Crippen molar-refractivity contribution in [3.05, 3.63) is 12.7 Å². The minimum atomic E-state index is -0.250. The van der Waals surface area contributed by atoms with Gasteiger partial charge in [-0.3, -0.25) is 14.3 Å². The first-order valence-electron chi connectivity index (χ1n) is 8.14. The molecule has 0 bridgehead atoms. The lowest BCUT2D eigenvalue weighted by molar-refractivity contribution is -0.123. The molecule has 2 rings (SSSR count). The molecule has 1 aliphatic rings. The molecule has 0 radical (unpaired) electrons. The summed E-state index contributed by atoms with van der Waals surface area (Å²) in [5, 5.41) is 17.5. The van der Waals surface area contributed by atoms with E-state index < -0.39 is 0 Å². The average Bonchev–Trinajstić information content (AvgIpc) is 2.88. The zero-order chi connectivity index (χ0) is 18.2. The van der Waals surface area contributed by atoms with Crippen molar-refractivity contribution >= 4 is 12.4 Å². The molecular weight excluding hydrogens is 310 g/mol. The number of carbonyl (C=O) groups is 2. The number of amides is 1. The van der Waals surface area contributed by atoms with Crippen molar-refractivity contribution in [3.63, 3.8) is 0 Å². The summed E-state index contributed by atoms with van der Waals surface area (Å²) >= 11 is 0. The Balaban J connectivity index is 0.000000891. The highest BCUT2D eigenvalue weighted by atomic mass is 16.3. The van der Waals surface area contributed by atoms with Crippen LogP contribution in [-0.4, -0.2) is 49.9 Å². The number of carbonyl (C=O) groups excluding carboxylic acids is 1. The number of hydrogen-bond acceptors (Lipinski definition) is 5. The summed E-state index contributed by atoms with van der Waals surface area (Å²) in [4.78, 5) is 24.3. The number of hydrogen-bond donors (Lipinski definition) is 3.